The molecule has 0 fully saturated rings. The molecule has 66 valence electrons. The standard InChI is InChI=1S/C6H5NO4.ClH/c8-4-1-2-5(7(10)11)6(9)3-4;/h1-3,8-9H;1H. The van der Waals surface area contributed by atoms with Gasteiger partial charge in [-0.05, 0) is 6.07 Å². The Morgan fingerprint density at radius 3 is 2.33 bits per heavy atom. The number of halogens is 1. The molecule has 0 heterocycles. The van der Waals surface area contributed by atoms with Crippen molar-refractivity contribution in [2.75, 3.05) is 0 Å². The van der Waals surface area contributed by atoms with E-state index in [4.69, 9.17) is 10.2 Å². The van der Waals surface area contributed by atoms with Gasteiger partial charge < -0.3 is 10.2 Å². The smallest absolute Gasteiger partial charge is 0.310 e. The summed E-state index contributed by atoms with van der Waals surface area (Å²) >= 11 is 0. The SMILES string of the molecule is Cl.O=[N+]([O-])c1ccc(O)cc1O. The Bertz CT molecular complexity index is 302. The van der Waals surface area contributed by atoms with E-state index in [1.807, 2.05) is 0 Å². The molecule has 0 radical (unpaired) electrons. The van der Waals surface area contributed by atoms with Crippen LogP contribution in [0.5, 0.6) is 11.5 Å². The van der Waals surface area contributed by atoms with Crippen molar-refractivity contribution >= 4 is 18.1 Å². The Kier molecular flexibility index (Phi) is 3.30. The second kappa shape index (κ2) is 3.77. The molecule has 5 nitrogen and oxygen atoms in total. The molecule has 0 aliphatic carbocycles. The maximum Gasteiger partial charge on any atom is 0.310 e. The lowest BCUT2D eigenvalue weighted by Gasteiger charge is -1.94. The van der Waals surface area contributed by atoms with E-state index in [0.717, 1.165) is 18.2 Å². The number of nitrogens with zero attached hydrogens (tertiary/aromatic N) is 1. The van der Waals surface area contributed by atoms with Crippen LogP contribution in [-0.4, -0.2) is 15.1 Å². The molecule has 1 aromatic rings. The van der Waals surface area contributed by atoms with Gasteiger partial charge in [-0.15, -0.1) is 12.4 Å². The zero-order valence-electron chi connectivity index (χ0n) is 5.80. The van der Waals surface area contributed by atoms with Crippen molar-refractivity contribution in [2.24, 2.45) is 0 Å². The molecule has 0 bridgehead atoms. The first kappa shape index (κ1) is 10.5. The highest BCUT2D eigenvalue weighted by Gasteiger charge is 2.11. The first-order valence-electron chi connectivity index (χ1n) is 2.77. The van der Waals surface area contributed by atoms with Gasteiger partial charge in [0, 0.05) is 12.1 Å². The van der Waals surface area contributed by atoms with Gasteiger partial charge in [-0.1, -0.05) is 0 Å². The summed E-state index contributed by atoms with van der Waals surface area (Å²) in [6.45, 7) is 0. The molecule has 1 rings (SSSR count). The lowest BCUT2D eigenvalue weighted by atomic mass is 10.3. The lowest BCUT2D eigenvalue weighted by molar-refractivity contribution is -0.385. The third kappa shape index (κ3) is 2.00. The first-order chi connectivity index (χ1) is 5.11. The number of hydrogen-bond acceptors (Lipinski definition) is 4. The summed E-state index contributed by atoms with van der Waals surface area (Å²) in [6.07, 6.45) is 0. The molecule has 0 amide bonds. The average molecular weight is 192 g/mol. The molecule has 0 saturated heterocycles. The molecule has 0 atom stereocenters. The van der Waals surface area contributed by atoms with E-state index < -0.39 is 16.4 Å². The van der Waals surface area contributed by atoms with Crippen LogP contribution in [0.3, 0.4) is 0 Å². The summed E-state index contributed by atoms with van der Waals surface area (Å²) in [5.41, 5.74) is -0.414. The van der Waals surface area contributed by atoms with Gasteiger partial charge in [0.1, 0.15) is 5.75 Å². The third-order valence-electron chi connectivity index (χ3n) is 1.16. The van der Waals surface area contributed by atoms with E-state index >= 15 is 0 Å². The van der Waals surface area contributed by atoms with E-state index in [0.29, 0.717) is 0 Å². The number of benzene rings is 1. The van der Waals surface area contributed by atoms with E-state index in [1.165, 1.54) is 0 Å². The number of aromatic hydroxyl groups is 2. The summed E-state index contributed by atoms with van der Waals surface area (Å²) in [6, 6.07) is 3.08. The molecule has 6 heteroatoms. The zero-order chi connectivity index (χ0) is 8.43. The molecule has 12 heavy (non-hydrogen) atoms. The minimum absolute atomic E-state index is 0. The van der Waals surface area contributed by atoms with Crippen molar-refractivity contribution in [1.82, 2.24) is 0 Å². The fourth-order valence-corrected chi connectivity index (χ4v) is 0.666. The summed E-state index contributed by atoms with van der Waals surface area (Å²) in [5.74, 6) is -0.733. The van der Waals surface area contributed by atoms with Crippen LogP contribution in [0.15, 0.2) is 18.2 Å². The Hall–Kier alpha value is -1.49. The Morgan fingerprint density at radius 2 is 1.92 bits per heavy atom. The van der Waals surface area contributed by atoms with Crippen LogP contribution in [0, 0.1) is 10.1 Å². The van der Waals surface area contributed by atoms with Gasteiger partial charge in [-0.25, -0.2) is 0 Å². The monoisotopic (exact) mass is 191 g/mol. The van der Waals surface area contributed by atoms with Crippen LogP contribution in [0.1, 0.15) is 0 Å². The largest absolute Gasteiger partial charge is 0.508 e. The number of phenolic OH excluding ortho intramolecular Hbond substituents is 2. The maximum atomic E-state index is 10.1. The molecule has 0 saturated carbocycles. The summed E-state index contributed by atoms with van der Waals surface area (Å²) < 4.78 is 0. The number of nitro benzene ring substituents is 1. The van der Waals surface area contributed by atoms with Crippen LogP contribution in [0.4, 0.5) is 5.69 Å². The van der Waals surface area contributed by atoms with Gasteiger partial charge in [0.25, 0.3) is 0 Å². The summed E-state index contributed by atoms with van der Waals surface area (Å²) in [4.78, 5) is 9.37. The molecular formula is C6H6ClNO4. The lowest BCUT2D eigenvalue weighted by Crippen LogP contribution is -1.87. The summed E-state index contributed by atoms with van der Waals surface area (Å²) in [7, 11) is 0. The van der Waals surface area contributed by atoms with Gasteiger partial charge in [0.2, 0.25) is 0 Å². The topological polar surface area (TPSA) is 83.6 Å². The zero-order valence-corrected chi connectivity index (χ0v) is 6.61. The molecule has 0 aromatic heterocycles. The van der Waals surface area contributed by atoms with E-state index in [9.17, 15) is 10.1 Å². The van der Waals surface area contributed by atoms with Crippen LogP contribution in [0.2, 0.25) is 0 Å². The van der Waals surface area contributed by atoms with Crippen LogP contribution >= 0.6 is 12.4 Å². The molecule has 0 aliphatic heterocycles. The van der Waals surface area contributed by atoms with E-state index in [-0.39, 0.29) is 18.2 Å². The van der Waals surface area contributed by atoms with Crippen molar-refractivity contribution in [3.05, 3.63) is 28.3 Å². The quantitative estimate of drug-likeness (QED) is 0.520. The highest BCUT2D eigenvalue weighted by molar-refractivity contribution is 5.85. The normalized spacial score (nSPS) is 8.67. The molecule has 0 spiro atoms. The van der Waals surface area contributed by atoms with Crippen molar-refractivity contribution in [2.45, 2.75) is 0 Å². The number of rotatable bonds is 1. The predicted molar refractivity (Wildman–Crippen MR) is 43.7 cm³/mol. The molecule has 0 unspecified atom stereocenters. The Morgan fingerprint density at radius 1 is 1.33 bits per heavy atom. The van der Waals surface area contributed by atoms with Crippen molar-refractivity contribution in [1.29, 1.82) is 0 Å². The molecule has 0 aliphatic rings. The second-order valence-electron chi connectivity index (χ2n) is 1.93. The maximum absolute atomic E-state index is 10.1. The highest BCUT2D eigenvalue weighted by atomic mass is 35.5. The third-order valence-corrected chi connectivity index (χ3v) is 1.16. The first-order valence-corrected chi connectivity index (χ1v) is 2.77. The fraction of sp³-hybridized carbons (Fsp3) is 0. The van der Waals surface area contributed by atoms with E-state index in [1.54, 1.807) is 0 Å². The van der Waals surface area contributed by atoms with Crippen LogP contribution < -0.4 is 0 Å². The van der Waals surface area contributed by atoms with Gasteiger partial charge in [-0.3, -0.25) is 10.1 Å². The highest BCUT2D eigenvalue weighted by Crippen LogP contribution is 2.28. The van der Waals surface area contributed by atoms with Crippen LogP contribution in [0.25, 0.3) is 0 Å². The van der Waals surface area contributed by atoms with Crippen molar-refractivity contribution in [3.8, 4) is 11.5 Å². The Balaban J connectivity index is 0.00000121. The fourth-order valence-electron chi connectivity index (χ4n) is 0.666. The van der Waals surface area contributed by atoms with Gasteiger partial charge in [0.05, 0.1) is 4.92 Å². The van der Waals surface area contributed by atoms with Crippen LogP contribution in [-0.2, 0) is 0 Å². The number of hydrogen-bond donors (Lipinski definition) is 2. The van der Waals surface area contributed by atoms with Crippen molar-refractivity contribution in [3.63, 3.8) is 0 Å². The minimum atomic E-state index is -0.727. The summed E-state index contributed by atoms with van der Waals surface area (Å²) in [5, 5.41) is 27.7. The van der Waals surface area contributed by atoms with E-state index in [2.05, 4.69) is 0 Å². The molecule has 2 N–H and O–H groups in total. The molecular weight excluding hydrogens is 186 g/mol. The van der Waals surface area contributed by atoms with Gasteiger partial charge in [0.15, 0.2) is 5.75 Å². The predicted octanol–water partition coefficient (Wildman–Crippen LogP) is 1.43. The van der Waals surface area contributed by atoms with Gasteiger partial charge in [-0.2, -0.15) is 0 Å². The average Bonchev–Trinajstić information content (AvgIpc) is 1.85. The van der Waals surface area contributed by atoms with Gasteiger partial charge >= 0.3 is 5.69 Å². The number of nitro groups is 1. The van der Waals surface area contributed by atoms with Crippen molar-refractivity contribution < 1.29 is 15.1 Å². The number of phenols is 2. The minimum Gasteiger partial charge on any atom is -0.508 e. The Labute approximate surface area is 73.8 Å². The second-order valence-corrected chi connectivity index (χ2v) is 1.93. The molecule has 1 aromatic carbocycles.